The Hall–Kier alpha value is -2.63. The Labute approximate surface area is 195 Å². The fraction of sp³-hybridized carbons (Fsp3) is 0.435. The van der Waals surface area contributed by atoms with E-state index in [1.165, 1.54) is 4.90 Å². The number of sulfone groups is 1. The summed E-state index contributed by atoms with van der Waals surface area (Å²) in [4.78, 5) is 15.5. The molecule has 34 heavy (non-hydrogen) atoms. The van der Waals surface area contributed by atoms with Crippen molar-refractivity contribution < 1.29 is 36.2 Å². The third-order valence-corrected chi connectivity index (χ3v) is 7.70. The molecule has 11 heteroatoms. The van der Waals surface area contributed by atoms with Gasteiger partial charge in [0.1, 0.15) is 17.5 Å². The number of carbonyl (C=O) groups excluding carboxylic acids is 1. The van der Waals surface area contributed by atoms with Crippen molar-refractivity contribution in [2.75, 3.05) is 19.6 Å². The summed E-state index contributed by atoms with van der Waals surface area (Å²) in [5.41, 5.74) is -5.59. The van der Waals surface area contributed by atoms with E-state index in [2.05, 4.69) is 0 Å². The van der Waals surface area contributed by atoms with E-state index in [0.29, 0.717) is 13.1 Å². The number of amides is 1. The minimum Gasteiger partial charge on any atom is -0.485 e. The van der Waals surface area contributed by atoms with Crippen LogP contribution in [-0.4, -0.2) is 66.1 Å². The molecule has 184 valence electrons. The molecule has 0 saturated carbocycles. The van der Waals surface area contributed by atoms with E-state index < -0.39 is 38.0 Å². The maximum absolute atomic E-state index is 13.1. The number of fused-ring (bicyclic) bond motifs is 1. The number of hydrogen-bond donors (Lipinski definition) is 1. The third-order valence-electron chi connectivity index (χ3n) is 6.22. The highest BCUT2D eigenvalue weighted by atomic mass is 32.2. The van der Waals surface area contributed by atoms with Gasteiger partial charge in [-0.3, -0.25) is 9.69 Å². The molecule has 1 saturated heterocycles. The number of benzene rings is 2. The fourth-order valence-corrected chi connectivity index (χ4v) is 5.19. The molecule has 2 aromatic carbocycles. The number of alkyl halides is 3. The molecule has 2 unspecified atom stereocenters. The van der Waals surface area contributed by atoms with Crippen LogP contribution in [0.5, 0.6) is 5.75 Å². The molecule has 0 bridgehead atoms. The van der Waals surface area contributed by atoms with E-state index in [1.807, 2.05) is 35.2 Å². The third kappa shape index (κ3) is 4.39. The van der Waals surface area contributed by atoms with Crippen LogP contribution in [0.25, 0.3) is 0 Å². The molecule has 7 nitrogen and oxygen atoms in total. The molecule has 2 aliphatic rings. The predicted octanol–water partition coefficient (Wildman–Crippen LogP) is 2.90. The minimum absolute atomic E-state index is 0.0296. The average Bonchev–Trinajstić information content (AvgIpc) is 2.75. The van der Waals surface area contributed by atoms with E-state index in [9.17, 15) is 31.5 Å². The SMILES string of the molecule is CC1(C)Oc2ccc(S(=O)(=O)C(F)(F)F)cc2C(N2CCN(Cc3ccccc3)CC2=O)C1O. The monoisotopic (exact) mass is 498 g/mol. The number of nitrogens with zero attached hydrogens (tertiary/aromatic N) is 2. The lowest BCUT2D eigenvalue weighted by Crippen LogP contribution is -2.59. The molecule has 0 aliphatic carbocycles. The molecule has 2 heterocycles. The molecule has 1 fully saturated rings. The Balaban J connectivity index is 1.66. The second kappa shape index (κ2) is 8.54. The lowest BCUT2D eigenvalue weighted by atomic mass is 9.85. The van der Waals surface area contributed by atoms with Gasteiger partial charge in [-0.15, -0.1) is 0 Å². The number of carbonyl (C=O) groups is 1. The number of aliphatic hydroxyl groups is 1. The number of halogens is 3. The minimum atomic E-state index is -5.62. The largest absolute Gasteiger partial charge is 0.501 e. The maximum Gasteiger partial charge on any atom is 0.501 e. The molecule has 0 spiro atoms. The Bertz CT molecular complexity index is 1180. The number of aliphatic hydroxyl groups excluding tert-OH is 1. The Morgan fingerprint density at radius 1 is 1.12 bits per heavy atom. The molecular formula is C23H25F3N2O5S. The summed E-state index contributed by atoms with van der Waals surface area (Å²) >= 11 is 0. The maximum atomic E-state index is 13.1. The molecule has 4 rings (SSSR count). The summed E-state index contributed by atoms with van der Waals surface area (Å²) in [6.07, 6.45) is -1.30. The number of ether oxygens (including phenoxy) is 1. The predicted molar refractivity (Wildman–Crippen MR) is 117 cm³/mol. The first kappa shape index (κ1) is 24.5. The van der Waals surface area contributed by atoms with Crippen molar-refractivity contribution in [1.82, 2.24) is 9.80 Å². The summed E-state index contributed by atoms with van der Waals surface area (Å²) in [5.74, 6) is -0.195. The van der Waals surface area contributed by atoms with Crippen LogP contribution in [0.3, 0.4) is 0 Å². The number of rotatable bonds is 4. The van der Waals surface area contributed by atoms with Crippen molar-refractivity contribution >= 4 is 15.7 Å². The number of piperazine rings is 1. The van der Waals surface area contributed by atoms with Crippen LogP contribution in [-0.2, 0) is 21.2 Å². The summed E-state index contributed by atoms with van der Waals surface area (Å²) in [5, 5.41) is 11.1. The summed E-state index contributed by atoms with van der Waals surface area (Å²) in [6, 6.07) is 11.3. The highest BCUT2D eigenvalue weighted by Crippen LogP contribution is 2.45. The van der Waals surface area contributed by atoms with E-state index in [1.54, 1.807) is 13.8 Å². The van der Waals surface area contributed by atoms with E-state index >= 15 is 0 Å². The van der Waals surface area contributed by atoms with Crippen molar-refractivity contribution in [3.05, 3.63) is 59.7 Å². The van der Waals surface area contributed by atoms with Gasteiger partial charge in [0, 0.05) is 25.2 Å². The van der Waals surface area contributed by atoms with Crippen LogP contribution >= 0.6 is 0 Å². The standard InChI is InChI=1S/C23H25F3N2O5S/c1-22(2)21(30)20(17-12-16(8-9-18(17)33-22)34(31,32)23(24,25)26)28-11-10-27(14-19(28)29)13-15-6-4-3-5-7-15/h3-9,12,20-21,30H,10-11,13-14H2,1-2H3. The zero-order valence-electron chi connectivity index (χ0n) is 18.6. The van der Waals surface area contributed by atoms with Gasteiger partial charge in [-0.25, -0.2) is 8.42 Å². The first-order valence-electron chi connectivity index (χ1n) is 10.7. The van der Waals surface area contributed by atoms with Crippen LogP contribution in [0, 0.1) is 0 Å². The van der Waals surface area contributed by atoms with Gasteiger partial charge < -0.3 is 14.7 Å². The van der Waals surface area contributed by atoms with Gasteiger partial charge in [-0.1, -0.05) is 30.3 Å². The van der Waals surface area contributed by atoms with Gasteiger partial charge in [-0.05, 0) is 37.6 Å². The highest BCUT2D eigenvalue weighted by molar-refractivity contribution is 7.92. The second-order valence-electron chi connectivity index (χ2n) is 9.03. The highest BCUT2D eigenvalue weighted by Gasteiger charge is 2.50. The molecule has 1 amide bonds. The normalized spacial score (nSPS) is 23.4. The van der Waals surface area contributed by atoms with Crippen molar-refractivity contribution in [2.45, 2.75) is 48.5 Å². The van der Waals surface area contributed by atoms with Gasteiger partial charge in [0.2, 0.25) is 5.91 Å². The van der Waals surface area contributed by atoms with Crippen LogP contribution in [0.1, 0.15) is 31.0 Å². The zero-order chi connectivity index (χ0) is 24.9. The Morgan fingerprint density at radius 2 is 1.79 bits per heavy atom. The van der Waals surface area contributed by atoms with Crippen LogP contribution in [0.15, 0.2) is 53.4 Å². The fourth-order valence-electron chi connectivity index (χ4n) is 4.39. The van der Waals surface area contributed by atoms with Gasteiger partial charge in [0.25, 0.3) is 9.84 Å². The topological polar surface area (TPSA) is 87.2 Å². The molecule has 2 atom stereocenters. The average molecular weight is 499 g/mol. The number of hydrogen-bond acceptors (Lipinski definition) is 6. The molecule has 2 aliphatic heterocycles. The molecule has 0 aromatic heterocycles. The molecule has 2 aromatic rings. The molecule has 0 radical (unpaired) electrons. The van der Waals surface area contributed by atoms with Gasteiger partial charge >= 0.3 is 5.51 Å². The first-order valence-corrected chi connectivity index (χ1v) is 12.2. The van der Waals surface area contributed by atoms with Gasteiger partial charge in [0.15, 0.2) is 0 Å². The van der Waals surface area contributed by atoms with Crippen molar-refractivity contribution in [1.29, 1.82) is 0 Å². The van der Waals surface area contributed by atoms with Crippen molar-refractivity contribution in [3.8, 4) is 5.75 Å². The Kier molecular flexibility index (Phi) is 6.16. The molecular weight excluding hydrogens is 473 g/mol. The smallest absolute Gasteiger partial charge is 0.485 e. The van der Waals surface area contributed by atoms with E-state index in [0.717, 1.165) is 23.8 Å². The lowest BCUT2D eigenvalue weighted by molar-refractivity contribution is -0.150. The van der Waals surface area contributed by atoms with Crippen LogP contribution in [0.2, 0.25) is 0 Å². The summed E-state index contributed by atoms with van der Waals surface area (Å²) in [6.45, 7) is 4.48. The van der Waals surface area contributed by atoms with Crippen LogP contribution in [0.4, 0.5) is 13.2 Å². The lowest BCUT2D eigenvalue weighted by Gasteiger charge is -2.48. The van der Waals surface area contributed by atoms with Crippen LogP contribution < -0.4 is 4.74 Å². The quantitative estimate of drug-likeness (QED) is 0.698. The van der Waals surface area contributed by atoms with Gasteiger partial charge in [-0.2, -0.15) is 13.2 Å². The summed E-state index contributed by atoms with van der Waals surface area (Å²) < 4.78 is 69.2. The van der Waals surface area contributed by atoms with Gasteiger partial charge in [0.05, 0.1) is 17.5 Å². The first-order chi connectivity index (χ1) is 15.8. The van der Waals surface area contributed by atoms with Crippen molar-refractivity contribution in [3.63, 3.8) is 0 Å². The summed E-state index contributed by atoms with van der Waals surface area (Å²) in [7, 11) is -5.62. The second-order valence-corrected chi connectivity index (χ2v) is 11.0. The van der Waals surface area contributed by atoms with E-state index in [4.69, 9.17) is 4.74 Å². The van der Waals surface area contributed by atoms with E-state index in [-0.39, 0.29) is 30.3 Å². The zero-order valence-corrected chi connectivity index (χ0v) is 19.4. The van der Waals surface area contributed by atoms with Crippen molar-refractivity contribution in [2.24, 2.45) is 0 Å². The Morgan fingerprint density at radius 3 is 2.41 bits per heavy atom. The molecule has 1 N–H and O–H groups in total.